The van der Waals surface area contributed by atoms with Gasteiger partial charge in [-0.1, -0.05) is 43.2 Å². The molecule has 1 aliphatic carbocycles. The summed E-state index contributed by atoms with van der Waals surface area (Å²) in [6.45, 7) is 1.97. The number of aliphatic hydroxyl groups is 1. The van der Waals surface area contributed by atoms with E-state index < -0.39 is 6.10 Å². The van der Waals surface area contributed by atoms with E-state index in [0.29, 0.717) is 35.2 Å². The van der Waals surface area contributed by atoms with Crippen LogP contribution < -0.4 is 16.0 Å². The second-order valence-electron chi connectivity index (χ2n) is 9.18. The monoisotopic (exact) mass is 496 g/mol. The van der Waals surface area contributed by atoms with Crippen LogP contribution in [0.25, 0.3) is 16.9 Å². The third-order valence-corrected chi connectivity index (χ3v) is 6.45. The molecule has 0 bridgehead atoms. The molecule has 3 aromatic heterocycles. The van der Waals surface area contributed by atoms with Crippen LogP contribution in [0.4, 0.5) is 17.3 Å². The summed E-state index contributed by atoms with van der Waals surface area (Å²) in [5.41, 5.74) is 4.18. The Morgan fingerprint density at radius 3 is 2.73 bits per heavy atom. The molecule has 5 rings (SSSR count). The lowest BCUT2D eigenvalue weighted by Gasteiger charge is -2.28. The molecule has 0 radical (unpaired) electrons. The zero-order valence-corrected chi connectivity index (χ0v) is 20.5. The van der Waals surface area contributed by atoms with Crippen LogP contribution in [0, 0.1) is 11.3 Å². The molecule has 188 valence electrons. The number of carbonyl (C=O) groups excluding carboxylic acids is 1. The van der Waals surface area contributed by atoms with Crippen molar-refractivity contribution in [2.24, 2.45) is 0 Å². The quantitative estimate of drug-likeness (QED) is 0.303. The molecule has 1 aliphatic rings. The lowest BCUT2D eigenvalue weighted by Crippen LogP contribution is -2.36. The summed E-state index contributed by atoms with van der Waals surface area (Å²) in [5.74, 6) is 1.09. The average Bonchev–Trinajstić information content (AvgIpc) is 3.33. The number of anilines is 3. The fourth-order valence-electron chi connectivity index (χ4n) is 4.50. The Morgan fingerprint density at radius 1 is 1.16 bits per heavy atom. The van der Waals surface area contributed by atoms with Gasteiger partial charge in [-0.25, -0.2) is 9.97 Å². The molecule has 1 amide bonds. The molecule has 0 saturated heterocycles. The average molecular weight is 497 g/mol. The van der Waals surface area contributed by atoms with Crippen molar-refractivity contribution in [1.82, 2.24) is 24.9 Å². The van der Waals surface area contributed by atoms with Gasteiger partial charge in [-0.15, -0.1) is 5.10 Å². The highest BCUT2D eigenvalue weighted by atomic mass is 16.3. The Kier molecular flexibility index (Phi) is 6.96. The summed E-state index contributed by atoms with van der Waals surface area (Å²) in [6.07, 6.45) is 4.71. The van der Waals surface area contributed by atoms with Crippen LogP contribution in [0.3, 0.4) is 0 Å². The van der Waals surface area contributed by atoms with Crippen molar-refractivity contribution in [2.45, 2.75) is 51.3 Å². The number of rotatable bonds is 7. The van der Waals surface area contributed by atoms with Crippen LogP contribution in [0.1, 0.15) is 43.9 Å². The predicted octanol–water partition coefficient (Wildman–Crippen LogP) is 3.76. The number of nitrogens with one attached hydrogen (secondary N) is 3. The number of carbonyl (C=O) groups is 1. The molecule has 10 heteroatoms. The molecule has 0 aliphatic heterocycles. The predicted molar refractivity (Wildman–Crippen MR) is 140 cm³/mol. The van der Waals surface area contributed by atoms with E-state index in [0.717, 1.165) is 42.5 Å². The van der Waals surface area contributed by atoms with Crippen molar-refractivity contribution in [3.05, 3.63) is 66.0 Å². The highest BCUT2D eigenvalue weighted by Crippen LogP contribution is 2.28. The first-order valence-electron chi connectivity index (χ1n) is 12.3. The number of benzene rings is 1. The largest absolute Gasteiger partial charge is 0.391 e. The summed E-state index contributed by atoms with van der Waals surface area (Å²) >= 11 is 0. The molecule has 1 saturated carbocycles. The Bertz CT molecular complexity index is 1460. The first kappa shape index (κ1) is 24.2. The number of aliphatic hydroxyl groups excluding tert-OH is 1. The van der Waals surface area contributed by atoms with Crippen LogP contribution in [-0.4, -0.2) is 42.7 Å². The minimum atomic E-state index is -0.441. The Morgan fingerprint density at radius 2 is 1.97 bits per heavy atom. The van der Waals surface area contributed by atoms with Gasteiger partial charge in [0.25, 0.3) is 0 Å². The number of pyridine rings is 1. The molecule has 4 aromatic rings. The van der Waals surface area contributed by atoms with E-state index in [1.54, 1.807) is 0 Å². The van der Waals surface area contributed by atoms with Gasteiger partial charge in [-0.05, 0) is 30.5 Å². The minimum absolute atomic E-state index is 0.0672. The van der Waals surface area contributed by atoms with Crippen molar-refractivity contribution >= 4 is 28.9 Å². The van der Waals surface area contributed by atoms with E-state index in [9.17, 15) is 15.2 Å². The standard InChI is InChI=1S/C27H28N8O2/c1-17(36)29-15-18-9-11-19(12-10-18)21-6-4-8-25(31-21)33-23-13-26(32-22-5-2-3-7-24(22)37)34-35-20(14-28)16-30-27(23)35/h4,6,8-13,16,22,24,37H,2-3,5,7,15H2,1H3,(H,29,36)(H,31,33)(H,32,34)/t22-,24-/m1/s1. The molecular formula is C27H28N8O2. The molecule has 1 fully saturated rings. The number of nitrogens with zero attached hydrogens (tertiary/aromatic N) is 5. The number of imidazole rings is 1. The van der Waals surface area contributed by atoms with Gasteiger partial charge in [0.2, 0.25) is 5.91 Å². The van der Waals surface area contributed by atoms with E-state index >= 15 is 0 Å². The van der Waals surface area contributed by atoms with Crippen molar-refractivity contribution in [2.75, 3.05) is 10.6 Å². The number of hydrogen-bond acceptors (Lipinski definition) is 8. The molecule has 1 aromatic carbocycles. The first-order chi connectivity index (χ1) is 18.0. The molecule has 0 spiro atoms. The second kappa shape index (κ2) is 10.6. The molecule has 2 atom stereocenters. The van der Waals surface area contributed by atoms with Crippen molar-refractivity contribution < 1.29 is 9.90 Å². The maximum Gasteiger partial charge on any atom is 0.217 e. The smallest absolute Gasteiger partial charge is 0.217 e. The Labute approximate surface area is 214 Å². The van der Waals surface area contributed by atoms with Gasteiger partial charge in [-0.3, -0.25) is 4.79 Å². The third kappa shape index (κ3) is 5.52. The molecular weight excluding hydrogens is 468 g/mol. The topological polar surface area (TPSA) is 140 Å². The van der Waals surface area contributed by atoms with Gasteiger partial charge in [0.05, 0.1) is 29.7 Å². The van der Waals surface area contributed by atoms with Crippen LogP contribution in [0.15, 0.2) is 54.7 Å². The first-order valence-corrected chi connectivity index (χ1v) is 12.3. The fourth-order valence-corrected chi connectivity index (χ4v) is 4.50. The highest BCUT2D eigenvalue weighted by molar-refractivity contribution is 5.76. The molecule has 4 N–H and O–H groups in total. The van der Waals surface area contributed by atoms with E-state index in [2.05, 4.69) is 32.1 Å². The summed E-state index contributed by atoms with van der Waals surface area (Å²) in [4.78, 5) is 20.3. The van der Waals surface area contributed by atoms with E-state index in [1.807, 2.05) is 48.5 Å². The second-order valence-corrected chi connectivity index (χ2v) is 9.18. The molecule has 10 nitrogen and oxygen atoms in total. The summed E-state index contributed by atoms with van der Waals surface area (Å²) < 4.78 is 1.50. The molecule has 37 heavy (non-hydrogen) atoms. The van der Waals surface area contributed by atoms with Gasteiger partial charge in [-0.2, -0.15) is 9.78 Å². The number of aromatic nitrogens is 4. The van der Waals surface area contributed by atoms with Crippen molar-refractivity contribution in [1.29, 1.82) is 5.26 Å². The SMILES string of the molecule is CC(=O)NCc1ccc(-c2cccc(Nc3cc(N[C@@H]4CCCC[C@H]4O)nn4c(C#N)cnc34)n2)cc1. The van der Waals surface area contributed by atoms with Gasteiger partial charge >= 0.3 is 0 Å². The lowest BCUT2D eigenvalue weighted by atomic mass is 9.92. The van der Waals surface area contributed by atoms with E-state index in [1.165, 1.54) is 17.6 Å². The summed E-state index contributed by atoms with van der Waals surface area (Å²) in [6, 6.07) is 17.4. The Balaban J connectivity index is 1.42. The van der Waals surface area contributed by atoms with Crippen LogP contribution in [0.5, 0.6) is 0 Å². The fraction of sp³-hybridized carbons (Fsp3) is 0.296. The zero-order chi connectivity index (χ0) is 25.8. The van der Waals surface area contributed by atoms with Gasteiger partial charge < -0.3 is 21.1 Å². The van der Waals surface area contributed by atoms with Gasteiger partial charge in [0.1, 0.15) is 17.7 Å². The summed E-state index contributed by atoms with van der Waals surface area (Å²) in [7, 11) is 0. The third-order valence-electron chi connectivity index (χ3n) is 6.45. The summed E-state index contributed by atoms with van der Waals surface area (Å²) in [5, 5.41) is 34.0. The molecule has 3 heterocycles. The number of amides is 1. The van der Waals surface area contributed by atoms with Gasteiger partial charge in [0.15, 0.2) is 11.3 Å². The zero-order valence-electron chi connectivity index (χ0n) is 20.5. The number of nitriles is 1. The van der Waals surface area contributed by atoms with E-state index in [-0.39, 0.29) is 11.9 Å². The Hall–Kier alpha value is -4.49. The van der Waals surface area contributed by atoms with Crippen LogP contribution in [-0.2, 0) is 11.3 Å². The minimum Gasteiger partial charge on any atom is -0.391 e. The van der Waals surface area contributed by atoms with Crippen molar-refractivity contribution in [3.8, 4) is 17.3 Å². The van der Waals surface area contributed by atoms with Crippen LogP contribution in [0.2, 0.25) is 0 Å². The normalized spacial score (nSPS) is 17.2. The van der Waals surface area contributed by atoms with Crippen molar-refractivity contribution in [3.63, 3.8) is 0 Å². The van der Waals surface area contributed by atoms with E-state index in [4.69, 9.17) is 4.98 Å². The number of hydrogen-bond donors (Lipinski definition) is 4. The maximum absolute atomic E-state index is 11.2. The van der Waals surface area contributed by atoms with Gasteiger partial charge in [0, 0.05) is 25.1 Å². The molecule has 0 unspecified atom stereocenters. The van der Waals surface area contributed by atoms with Crippen LogP contribution >= 0.6 is 0 Å². The lowest BCUT2D eigenvalue weighted by molar-refractivity contribution is -0.119. The number of fused-ring (bicyclic) bond motifs is 1. The highest BCUT2D eigenvalue weighted by Gasteiger charge is 2.24. The maximum atomic E-state index is 11.2.